The van der Waals surface area contributed by atoms with E-state index in [-0.39, 0.29) is 25.7 Å². The van der Waals surface area contributed by atoms with E-state index in [9.17, 15) is 0 Å². The molecule has 0 spiro atoms. The van der Waals surface area contributed by atoms with Gasteiger partial charge >= 0.3 is 0 Å². The van der Waals surface area contributed by atoms with Crippen molar-refractivity contribution in [3.8, 4) is 23.5 Å². The highest BCUT2D eigenvalue weighted by atomic mass is 14.5. The van der Waals surface area contributed by atoms with Gasteiger partial charge < -0.3 is 0 Å². The zero-order valence-electron chi connectivity index (χ0n) is 23.9. The van der Waals surface area contributed by atoms with Crippen LogP contribution in [-0.2, 0) is 10.8 Å². The molecule has 0 heterocycles. The second kappa shape index (κ2) is 12.6. The summed E-state index contributed by atoms with van der Waals surface area (Å²) in [5.74, 6) is 2.86. The van der Waals surface area contributed by atoms with E-state index < -0.39 is 0 Å². The van der Waals surface area contributed by atoms with Crippen molar-refractivity contribution in [3.63, 3.8) is 0 Å². The second-order valence-corrected chi connectivity index (χ2v) is 11.2. The number of fused-ring (bicyclic) bond motifs is 4. The van der Waals surface area contributed by atoms with E-state index >= 15 is 0 Å². The molecule has 0 saturated carbocycles. The number of allylic oxidation sites excluding steroid dienone is 4. The first-order valence-corrected chi connectivity index (χ1v) is 14.3. The van der Waals surface area contributed by atoms with E-state index in [1.54, 1.807) is 0 Å². The van der Waals surface area contributed by atoms with Crippen molar-refractivity contribution in [1.82, 2.24) is 0 Å². The summed E-state index contributed by atoms with van der Waals surface area (Å²) in [7, 11) is 0. The first-order valence-electron chi connectivity index (χ1n) is 14.3. The predicted octanol–water partition coefficient (Wildman–Crippen LogP) is 11.3. The van der Waals surface area contributed by atoms with Crippen molar-refractivity contribution >= 4 is 5.57 Å². The van der Waals surface area contributed by atoms with E-state index in [1.807, 2.05) is 13.0 Å². The lowest BCUT2D eigenvalue weighted by Gasteiger charge is -2.33. The van der Waals surface area contributed by atoms with Gasteiger partial charge in [-0.2, -0.15) is 0 Å². The number of terminal acetylenes is 1. The van der Waals surface area contributed by atoms with Crippen LogP contribution in [0.1, 0.15) is 69.0 Å². The van der Waals surface area contributed by atoms with Gasteiger partial charge in [0.25, 0.3) is 0 Å². The van der Waals surface area contributed by atoms with Crippen LogP contribution in [0.15, 0.2) is 151 Å². The van der Waals surface area contributed by atoms with E-state index in [1.165, 1.54) is 50.1 Å². The number of benzene rings is 5. The normalized spacial score (nSPS) is 14.7. The molecular formula is C43H42. The lowest BCUT2D eigenvalue weighted by molar-refractivity contribution is 0.659. The van der Waals surface area contributed by atoms with Gasteiger partial charge in [0.05, 0.1) is 5.41 Å². The lowest BCUT2D eigenvalue weighted by Crippen LogP contribution is -2.28. The molecule has 0 fully saturated rings. The van der Waals surface area contributed by atoms with Crippen LogP contribution >= 0.6 is 0 Å². The third-order valence-electron chi connectivity index (χ3n) is 8.63. The van der Waals surface area contributed by atoms with Gasteiger partial charge in [-0.05, 0) is 57.0 Å². The number of hydrogen-bond donors (Lipinski definition) is 0. The summed E-state index contributed by atoms with van der Waals surface area (Å²) < 4.78 is 0. The Morgan fingerprint density at radius 3 is 1.37 bits per heavy atom. The van der Waals surface area contributed by atoms with Gasteiger partial charge in [-0.25, -0.2) is 0 Å². The molecule has 0 amide bonds. The van der Waals surface area contributed by atoms with Gasteiger partial charge in [0.15, 0.2) is 0 Å². The summed E-state index contributed by atoms with van der Waals surface area (Å²) in [6.07, 6.45) is 9.83. The third kappa shape index (κ3) is 4.86. The molecule has 0 aromatic heterocycles. The highest BCUT2D eigenvalue weighted by molar-refractivity contribution is 5.89. The van der Waals surface area contributed by atoms with Crippen LogP contribution in [0.5, 0.6) is 0 Å². The van der Waals surface area contributed by atoms with Crippen LogP contribution in [0.3, 0.4) is 0 Å². The number of hydrogen-bond acceptors (Lipinski definition) is 0. The Balaban J connectivity index is 0.000000206. The fraction of sp³-hybridized carbons (Fsp3) is 0.163. The average Bonchev–Trinajstić information content (AvgIpc) is 3.45. The van der Waals surface area contributed by atoms with E-state index in [4.69, 9.17) is 6.42 Å². The van der Waals surface area contributed by atoms with Crippen LogP contribution in [0.25, 0.3) is 16.7 Å². The van der Waals surface area contributed by atoms with Crippen molar-refractivity contribution in [2.75, 3.05) is 0 Å². The predicted molar refractivity (Wildman–Crippen MR) is 187 cm³/mol. The zero-order chi connectivity index (χ0) is 28.5. The minimum atomic E-state index is -0.254. The molecule has 0 saturated heterocycles. The molecule has 0 bridgehead atoms. The van der Waals surface area contributed by atoms with E-state index in [2.05, 4.69) is 159 Å². The Morgan fingerprint density at radius 1 is 0.535 bits per heavy atom. The molecule has 214 valence electrons. The largest absolute Gasteiger partial charge is 0.115 e. The molecule has 43 heavy (non-hydrogen) atoms. The maximum absolute atomic E-state index is 5.67. The van der Waals surface area contributed by atoms with Crippen LogP contribution in [0.4, 0.5) is 0 Å². The van der Waals surface area contributed by atoms with Crippen LogP contribution in [0.2, 0.25) is 0 Å². The SMILES string of the molecule is C.C.C#CC1=C(/C=C\C)c2ccccc2C1(C)C.c1ccc(C2(c3ccccc3)c3ccccc3-c3ccccc32)cc1. The molecule has 7 rings (SSSR count). The van der Waals surface area contributed by atoms with Gasteiger partial charge in [-0.1, -0.05) is 180 Å². The van der Waals surface area contributed by atoms with Crippen molar-refractivity contribution in [3.05, 3.63) is 185 Å². The lowest BCUT2D eigenvalue weighted by atomic mass is 9.68. The van der Waals surface area contributed by atoms with Crippen LogP contribution in [-0.4, -0.2) is 0 Å². The van der Waals surface area contributed by atoms with Crippen molar-refractivity contribution in [2.45, 2.75) is 46.5 Å². The minimum absolute atomic E-state index is 0. The quantitative estimate of drug-likeness (QED) is 0.190. The highest BCUT2D eigenvalue weighted by Crippen LogP contribution is 2.55. The standard InChI is InChI=1S/C25H18.C16H16.2CH4/c1-3-11-19(12-4-1)25(20-13-5-2-6-14-20)23-17-9-7-15-21(23)22-16-8-10-18-24(22)25;1-5-9-12-13-10-7-8-11-15(13)16(3,4)14(12)6-2;;/h1-18H;2,5,7-11H,1,3-4H3;2*1H4/b;9-5-;;. The van der Waals surface area contributed by atoms with Crippen molar-refractivity contribution in [2.24, 2.45) is 0 Å². The molecule has 2 aliphatic rings. The van der Waals surface area contributed by atoms with Gasteiger partial charge in [0.1, 0.15) is 0 Å². The second-order valence-electron chi connectivity index (χ2n) is 11.2. The monoisotopic (exact) mass is 558 g/mol. The first-order chi connectivity index (χ1) is 20.0. The van der Waals surface area contributed by atoms with E-state index in [0.29, 0.717) is 0 Å². The molecule has 0 radical (unpaired) electrons. The van der Waals surface area contributed by atoms with Crippen LogP contribution in [0, 0.1) is 12.3 Å². The molecular weight excluding hydrogens is 516 g/mol. The Bertz CT molecular complexity index is 1720. The molecule has 0 unspecified atom stereocenters. The summed E-state index contributed by atoms with van der Waals surface area (Å²) in [6, 6.07) is 47.9. The molecule has 2 aliphatic carbocycles. The summed E-state index contributed by atoms with van der Waals surface area (Å²) in [6.45, 7) is 6.41. The summed E-state index contributed by atoms with van der Waals surface area (Å²) in [4.78, 5) is 0. The first kappa shape index (κ1) is 31.1. The summed E-state index contributed by atoms with van der Waals surface area (Å²) in [5.41, 5.74) is 12.7. The maximum Gasteiger partial charge on any atom is 0.0713 e. The maximum atomic E-state index is 5.67. The van der Waals surface area contributed by atoms with Gasteiger partial charge in [-0.15, -0.1) is 6.42 Å². The Hall–Kier alpha value is -4.86. The van der Waals surface area contributed by atoms with Crippen LogP contribution < -0.4 is 0 Å². The van der Waals surface area contributed by atoms with Crippen molar-refractivity contribution < 1.29 is 0 Å². The summed E-state index contributed by atoms with van der Waals surface area (Å²) >= 11 is 0. The minimum Gasteiger partial charge on any atom is -0.115 e. The molecule has 0 aliphatic heterocycles. The smallest absolute Gasteiger partial charge is 0.0713 e. The molecule has 0 atom stereocenters. The Morgan fingerprint density at radius 2 is 0.930 bits per heavy atom. The fourth-order valence-electron chi connectivity index (χ4n) is 6.87. The van der Waals surface area contributed by atoms with Gasteiger partial charge in [0, 0.05) is 11.0 Å². The molecule has 0 heteroatoms. The average molecular weight is 559 g/mol. The fourth-order valence-corrected chi connectivity index (χ4v) is 6.87. The molecule has 0 N–H and O–H groups in total. The van der Waals surface area contributed by atoms with Gasteiger partial charge in [0.2, 0.25) is 0 Å². The molecule has 5 aromatic carbocycles. The summed E-state index contributed by atoms with van der Waals surface area (Å²) in [5, 5.41) is 0. The topological polar surface area (TPSA) is 0 Å². The Labute approximate surface area is 259 Å². The van der Waals surface area contributed by atoms with Gasteiger partial charge in [-0.3, -0.25) is 0 Å². The molecule has 5 aromatic rings. The number of rotatable bonds is 3. The third-order valence-corrected chi connectivity index (χ3v) is 8.63. The molecule has 0 nitrogen and oxygen atoms in total. The Kier molecular flexibility index (Phi) is 9.08. The van der Waals surface area contributed by atoms with E-state index in [0.717, 1.165) is 5.57 Å². The van der Waals surface area contributed by atoms with Crippen molar-refractivity contribution in [1.29, 1.82) is 0 Å². The highest BCUT2D eigenvalue weighted by Gasteiger charge is 2.45. The zero-order valence-corrected chi connectivity index (χ0v) is 23.9.